The lowest BCUT2D eigenvalue weighted by Crippen LogP contribution is -2.34. The molecule has 0 aliphatic carbocycles. The summed E-state index contributed by atoms with van der Waals surface area (Å²) < 4.78 is 33.2. The maximum absolute atomic E-state index is 12.6. The molecule has 0 aliphatic heterocycles. The molecule has 0 saturated carbocycles. The van der Waals surface area contributed by atoms with Crippen molar-refractivity contribution < 1.29 is 17.9 Å². The number of anilines is 1. The summed E-state index contributed by atoms with van der Waals surface area (Å²) in [5.74, 6) is 0.0489. The Balaban J connectivity index is 2.06. The van der Waals surface area contributed by atoms with Crippen LogP contribution in [0.5, 0.6) is 5.75 Å². The molecular formula is C20H24BrN3O4S2. The lowest BCUT2D eigenvalue weighted by atomic mass is 10.2. The fourth-order valence-corrected chi connectivity index (χ4v) is 4.27. The van der Waals surface area contributed by atoms with E-state index in [1.165, 1.54) is 12.1 Å². The highest BCUT2D eigenvalue weighted by atomic mass is 79.9. The Bertz CT molecular complexity index is 1010. The molecule has 0 aliphatic rings. The number of halogens is 1. The van der Waals surface area contributed by atoms with Gasteiger partial charge in [-0.05, 0) is 75.0 Å². The number of rotatable bonds is 8. The van der Waals surface area contributed by atoms with Crippen LogP contribution in [0, 0.1) is 0 Å². The van der Waals surface area contributed by atoms with Gasteiger partial charge in [-0.25, -0.2) is 13.1 Å². The van der Waals surface area contributed by atoms with Crippen molar-refractivity contribution in [2.45, 2.75) is 38.1 Å². The second kappa shape index (κ2) is 10.9. The number of ether oxygens (including phenoxy) is 1. The number of nitrogens with one attached hydrogen (secondary N) is 3. The molecule has 0 radical (unpaired) electrons. The lowest BCUT2D eigenvalue weighted by Gasteiger charge is -2.14. The van der Waals surface area contributed by atoms with E-state index in [4.69, 9.17) is 17.0 Å². The Kier molecular flexibility index (Phi) is 8.78. The smallest absolute Gasteiger partial charge is 0.261 e. The molecule has 0 atom stereocenters. The molecule has 0 saturated heterocycles. The van der Waals surface area contributed by atoms with Crippen LogP contribution in [0.1, 0.15) is 37.6 Å². The SMILES string of the molecule is CCCOc1ccc(Br)cc1C(=O)NC(=S)Nc1ccc(S(=O)(=O)NC(C)C)cc1. The van der Waals surface area contributed by atoms with Gasteiger partial charge in [0.15, 0.2) is 5.11 Å². The number of benzene rings is 2. The maximum atomic E-state index is 12.6. The zero-order valence-electron chi connectivity index (χ0n) is 16.9. The van der Waals surface area contributed by atoms with Gasteiger partial charge in [-0.3, -0.25) is 10.1 Å². The van der Waals surface area contributed by atoms with Crippen LogP contribution in [0.25, 0.3) is 0 Å². The van der Waals surface area contributed by atoms with Gasteiger partial charge in [-0.15, -0.1) is 0 Å². The third-order valence-electron chi connectivity index (χ3n) is 3.69. The van der Waals surface area contributed by atoms with E-state index in [9.17, 15) is 13.2 Å². The Hall–Kier alpha value is -2.01. The minimum absolute atomic E-state index is 0.0809. The Labute approximate surface area is 190 Å². The summed E-state index contributed by atoms with van der Waals surface area (Å²) in [7, 11) is -3.58. The maximum Gasteiger partial charge on any atom is 0.261 e. The highest BCUT2D eigenvalue weighted by Crippen LogP contribution is 2.23. The number of hydrogen-bond donors (Lipinski definition) is 3. The van der Waals surface area contributed by atoms with Crippen molar-refractivity contribution in [2.24, 2.45) is 0 Å². The van der Waals surface area contributed by atoms with Gasteiger partial charge in [0.2, 0.25) is 10.0 Å². The predicted octanol–water partition coefficient (Wildman–Crippen LogP) is 4.05. The topological polar surface area (TPSA) is 96.5 Å². The first-order valence-corrected chi connectivity index (χ1v) is 12.0. The summed E-state index contributed by atoms with van der Waals surface area (Å²) in [4.78, 5) is 12.8. The fourth-order valence-electron chi connectivity index (χ4n) is 2.45. The van der Waals surface area contributed by atoms with E-state index in [0.717, 1.165) is 10.9 Å². The van der Waals surface area contributed by atoms with E-state index in [1.54, 1.807) is 44.2 Å². The molecule has 2 aromatic carbocycles. The van der Waals surface area contributed by atoms with E-state index in [2.05, 4.69) is 31.3 Å². The third-order valence-corrected chi connectivity index (χ3v) is 6.06. The number of carbonyl (C=O) groups excluding carboxylic acids is 1. The largest absolute Gasteiger partial charge is 0.493 e. The van der Waals surface area contributed by atoms with E-state index in [1.807, 2.05) is 6.92 Å². The van der Waals surface area contributed by atoms with Crippen molar-refractivity contribution in [1.29, 1.82) is 0 Å². The zero-order valence-corrected chi connectivity index (χ0v) is 20.1. The summed E-state index contributed by atoms with van der Waals surface area (Å²) in [6.07, 6.45) is 0.815. The summed E-state index contributed by atoms with van der Waals surface area (Å²) >= 11 is 8.57. The van der Waals surface area contributed by atoms with Crippen LogP contribution >= 0.6 is 28.1 Å². The fraction of sp³-hybridized carbons (Fsp3) is 0.300. The molecule has 162 valence electrons. The van der Waals surface area contributed by atoms with E-state index in [0.29, 0.717) is 23.6 Å². The number of amides is 1. The van der Waals surface area contributed by atoms with Gasteiger partial charge in [0.05, 0.1) is 17.1 Å². The second-order valence-corrected chi connectivity index (χ2v) is 9.74. The molecule has 0 bridgehead atoms. The van der Waals surface area contributed by atoms with Crippen molar-refractivity contribution in [3.05, 3.63) is 52.5 Å². The van der Waals surface area contributed by atoms with Crippen LogP contribution in [0.2, 0.25) is 0 Å². The Morgan fingerprint density at radius 2 is 1.83 bits per heavy atom. The molecule has 1 amide bonds. The zero-order chi connectivity index (χ0) is 22.3. The van der Waals surface area contributed by atoms with Crippen LogP contribution in [-0.4, -0.2) is 32.1 Å². The summed E-state index contributed by atoms with van der Waals surface area (Å²) in [6.45, 7) is 5.97. The van der Waals surface area contributed by atoms with Crippen molar-refractivity contribution in [3.63, 3.8) is 0 Å². The molecule has 2 rings (SSSR count). The minimum Gasteiger partial charge on any atom is -0.493 e. The van der Waals surface area contributed by atoms with E-state index < -0.39 is 15.9 Å². The first kappa shape index (κ1) is 24.3. The highest BCUT2D eigenvalue weighted by Gasteiger charge is 2.16. The van der Waals surface area contributed by atoms with Crippen molar-refractivity contribution in [2.75, 3.05) is 11.9 Å². The number of carbonyl (C=O) groups is 1. The van der Waals surface area contributed by atoms with Crippen LogP contribution in [0.3, 0.4) is 0 Å². The average molecular weight is 514 g/mol. The van der Waals surface area contributed by atoms with Gasteiger partial charge in [0, 0.05) is 16.2 Å². The summed E-state index contributed by atoms with van der Waals surface area (Å²) in [6, 6.07) is 11.0. The molecule has 0 fully saturated rings. The van der Waals surface area contributed by atoms with Gasteiger partial charge >= 0.3 is 0 Å². The molecule has 2 aromatic rings. The van der Waals surface area contributed by atoms with Crippen LogP contribution in [0.15, 0.2) is 51.8 Å². The van der Waals surface area contributed by atoms with Crippen molar-refractivity contribution >= 4 is 54.9 Å². The minimum atomic E-state index is -3.58. The molecule has 30 heavy (non-hydrogen) atoms. The molecule has 0 spiro atoms. The molecule has 0 heterocycles. The van der Waals surface area contributed by atoms with Crippen molar-refractivity contribution in [3.8, 4) is 5.75 Å². The van der Waals surface area contributed by atoms with Gasteiger partial charge in [-0.1, -0.05) is 22.9 Å². The molecule has 7 nitrogen and oxygen atoms in total. The quantitative estimate of drug-likeness (QED) is 0.460. The normalized spacial score (nSPS) is 11.2. The van der Waals surface area contributed by atoms with Crippen molar-refractivity contribution in [1.82, 2.24) is 10.0 Å². The summed E-state index contributed by atoms with van der Waals surface area (Å²) in [5, 5.41) is 5.56. The first-order valence-electron chi connectivity index (χ1n) is 9.29. The van der Waals surface area contributed by atoms with Crippen LogP contribution in [0.4, 0.5) is 5.69 Å². The second-order valence-electron chi connectivity index (χ2n) is 6.70. The van der Waals surface area contributed by atoms with Gasteiger partial charge in [-0.2, -0.15) is 0 Å². The van der Waals surface area contributed by atoms with Gasteiger partial charge in [0.1, 0.15) is 5.75 Å². The predicted molar refractivity (Wildman–Crippen MR) is 126 cm³/mol. The molecule has 0 unspecified atom stereocenters. The monoisotopic (exact) mass is 513 g/mol. The van der Waals surface area contributed by atoms with Gasteiger partial charge in [0.25, 0.3) is 5.91 Å². The van der Waals surface area contributed by atoms with E-state index >= 15 is 0 Å². The number of hydrogen-bond acceptors (Lipinski definition) is 5. The Morgan fingerprint density at radius 3 is 2.43 bits per heavy atom. The first-order chi connectivity index (χ1) is 14.1. The van der Waals surface area contributed by atoms with Crippen LogP contribution < -0.4 is 20.1 Å². The third kappa shape index (κ3) is 7.05. The molecule has 10 heteroatoms. The Morgan fingerprint density at radius 1 is 1.17 bits per heavy atom. The molecule has 0 aromatic heterocycles. The van der Waals surface area contributed by atoms with Crippen LogP contribution in [-0.2, 0) is 10.0 Å². The average Bonchev–Trinajstić information content (AvgIpc) is 2.66. The standard InChI is InChI=1S/C20H24BrN3O4S2/c1-4-11-28-18-10-5-14(21)12-17(18)19(25)23-20(29)22-15-6-8-16(9-7-15)30(26,27)24-13(2)3/h5-10,12-13,24H,4,11H2,1-3H3,(H2,22,23,25,29). The van der Waals surface area contributed by atoms with Gasteiger partial charge < -0.3 is 10.1 Å². The molecular weight excluding hydrogens is 490 g/mol. The number of sulfonamides is 1. The highest BCUT2D eigenvalue weighted by molar-refractivity contribution is 9.10. The van der Waals surface area contributed by atoms with E-state index in [-0.39, 0.29) is 16.0 Å². The summed E-state index contributed by atoms with van der Waals surface area (Å²) in [5.41, 5.74) is 0.892. The lowest BCUT2D eigenvalue weighted by molar-refractivity contribution is 0.0973. The number of thiocarbonyl (C=S) groups is 1. The molecule has 3 N–H and O–H groups in total.